The third-order valence-corrected chi connectivity index (χ3v) is 17.2. The molecule has 9 heteroatoms. The molecule has 0 radical (unpaired) electrons. The van der Waals surface area contributed by atoms with Gasteiger partial charge >= 0.3 is 0 Å². The zero-order valence-corrected chi connectivity index (χ0v) is 43.1. The van der Waals surface area contributed by atoms with Crippen molar-refractivity contribution >= 4 is 88.2 Å². The minimum Gasteiger partial charge on any atom is -0.453 e. The highest BCUT2D eigenvalue weighted by molar-refractivity contribution is 6.12. The first kappa shape index (κ1) is 43.8. The average molecular weight is 1040 g/mol. The van der Waals surface area contributed by atoms with Crippen molar-refractivity contribution in [1.82, 2.24) is 23.7 Å². The van der Waals surface area contributed by atoms with Gasteiger partial charge in [-0.05, 0) is 96.4 Å². The van der Waals surface area contributed by atoms with Gasteiger partial charge in [0.1, 0.15) is 0 Å². The zero-order valence-electron chi connectivity index (χ0n) is 43.1. The fourth-order valence-corrected chi connectivity index (χ4v) is 13.9. The number of hydrogen-bond donors (Lipinski definition) is 0. The Morgan fingerprint density at radius 3 is 1.26 bits per heavy atom. The Kier molecular flexibility index (Phi) is 8.76. The standard InChI is InChI=1S/C72H41N7O2/c1-73-43-36-37-61-51(38-43)50-22-6-11-29-60(50)78(61)64-32-16-23-52-70(64)81-71-53(24-17-33-65(71)79-62-30-12-14-34-66(62)80-67-35-15-13-31-63(67)79)72(52)54-39-44(76-56-25-7-2-18-46(56)47-19-3-8-26-57(47)76)41-74-68(54)69-55(72)40-45(42-75-69)77-58-27-9-4-20-48(58)49-21-5-10-28-59(49)77/h2-42H. The van der Waals surface area contributed by atoms with Crippen LogP contribution in [0.5, 0.6) is 23.0 Å². The molecule has 0 unspecified atom stereocenters. The van der Waals surface area contributed by atoms with E-state index in [9.17, 15) is 0 Å². The lowest BCUT2D eigenvalue weighted by molar-refractivity contribution is 0.434. The number of para-hydroxylation sites is 11. The molecule has 0 saturated carbocycles. The Hall–Kier alpha value is -11.2. The van der Waals surface area contributed by atoms with Crippen molar-refractivity contribution in [1.29, 1.82) is 0 Å². The maximum Gasteiger partial charge on any atom is 0.188 e. The van der Waals surface area contributed by atoms with Crippen LogP contribution in [0.2, 0.25) is 0 Å². The molecule has 0 fully saturated rings. The SMILES string of the molecule is [C-]#[N+]c1ccc2c(c1)c1ccccc1n2-c1cccc2c1Oc1c(N3c4ccccc4Oc4ccccc43)cccc1C21c2cc(-n3c4ccccc4c4ccccc43)cnc2-c2ncc(-n3c4ccccc4c4ccccc43)cc21. The second-order valence-corrected chi connectivity index (χ2v) is 21.1. The number of rotatable bonds is 4. The topological polar surface area (TPSA) is 66.6 Å². The molecule has 2 aliphatic heterocycles. The lowest BCUT2D eigenvalue weighted by Gasteiger charge is -2.42. The zero-order chi connectivity index (χ0) is 53.1. The van der Waals surface area contributed by atoms with E-state index >= 15 is 0 Å². The first-order valence-electron chi connectivity index (χ1n) is 27.2. The molecule has 9 nitrogen and oxygen atoms in total. The summed E-state index contributed by atoms with van der Waals surface area (Å²) in [4.78, 5) is 17.4. The third-order valence-electron chi connectivity index (χ3n) is 17.2. The maximum atomic E-state index is 8.05. The van der Waals surface area contributed by atoms with Crippen LogP contribution in [0.1, 0.15) is 22.3 Å². The monoisotopic (exact) mass is 1040 g/mol. The molecule has 1 spiro atoms. The van der Waals surface area contributed by atoms with E-state index in [-0.39, 0.29) is 0 Å². The highest BCUT2D eigenvalue weighted by Gasteiger charge is 2.54. The minimum atomic E-state index is -1.11. The van der Waals surface area contributed by atoms with Crippen molar-refractivity contribution in [3.05, 3.63) is 283 Å². The van der Waals surface area contributed by atoms with Gasteiger partial charge in [0.2, 0.25) is 0 Å². The lowest BCUT2D eigenvalue weighted by Crippen LogP contribution is -2.33. The van der Waals surface area contributed by atoms with Crippen LogP contribution < -0.4 is 14.4 Å². The normalized spacial score (nSPS) is 13.4. The van der Waals surface area contributed by atoms with Crippen LogP contribution in [0, 0.1) is 6.57 Å². The summed E-state index contributed by atoms with van der Waals surface area (Å²) in [6.45, 7) is 8.05. The smallest absolute Gasteiger partial charge is 0.188 e. The summed E-state index contributed by atoms with van der Waals surface area (Å²) in [5, 5.41) is 6.70. The number of fused-ring (bicyclic) bond motifs is 20. The molecule has 0 saturated heterocycles. The van der Waals surface area contributed by atoms with Gasteiger partial charge in [0.15, 0.2) is 28.7 Å². The fraction of sp³-hybridized carbons (Fsp3) is 0.0139. The molecular formula is C72H41N7O2. The van der Waals surface area contributed by atoms with E-state index in [2.05, 4.69) is 224 Å². The summed E-state index contributed by atoms with van der Waals surface area (Å²) in [6.07, 6.45) is 4.04. The second kappa shape index (κ2) is 16.2. The van der Waals surface area contributed by atoms with Crippen LogP contribution in [-0.4, -0.2) is 23.7 Å². The van der Waals surface area contributed by atoms with Crippen LogP contribution in [0.15, 0.2) is 249 Å². The highest BCUT2D eigenvalue weighted by Crippen LogP contribution is 2.66. The van der Waals surface area contributed by atoms with Gasteiger partial charge < -0.3 is 23.2 Å². The van der Waals surface area contributed by atoms with Crippen LogP contribution in [0.25, 0.3) is 98.7 Å². The number of ether oxygens (including phenoxy) is 2. The number of aromatic nitrogens is 5. The predicted molar refractivity (Wildman–Crippen MR) is 323 cm³/mol. The summed E-state index contributed by atoms with van der Waals surface area (Å²) in [5.74, 6) is 2.85. The Morgan fingerprint density at radius 2 is 0.753 bits per heavy atom. The molecule has 10 aromatic carbocycles. The highest BCUT2D eigenvalue weighted by atomic mass is 16.5. The Morgan fingerprint density at radius 1 is 0.346 bits per heavy atom. The Labute approximate surface area is 463 Å². The molecule has 81 heavy (non-hydrogen) atoms. The summed E-state index contributed by atoms with van der Waals surface area (Å²) < 4.78 is 21.6. The van der Waals surface area contributed by atoms with E-state index in [1.54, 1.807) is 0 Å². The molecule has 5 aromatic heterocycles. The molecule has 0 amide bonds. The summed E-state index contributed by atoms with van der Waals surface area (Å²) in [6, 6.07) is 83.4. The molecule has 15 aromatic rings. The van der Waals surface area contributed by atoms with Gasteiger partial charge in [-0.1, -0.05) is 146 Å². The lowest BCUT2D eigenvalue weighted by atomic mass is 9.66. The van der Waals surface area contributed by atoms with E-state index in [0.29, 0.717) is 17.2 Å². The van der Waals surface area contributed by atoms with Gasteiger partial charge in [0.25, 0.3) is 0 Å². The number of nitrogens with zero attached hydrogens (tertiary/aromatic N) is 7. The molecule has 0 bridgehead atoms. The summed E-state index contributed by atoms with van der Waals surface area (Å²) in [7, 11) is 0. The van der Waals surface area contributed by atoms with E-state index in [1.165, 1.54) is 21.5 Å². The van der Waals surface area contributed by atoms with E-state index in [1.807, 2.05) is 48.8 Å². The Bertz CT molecular complexity index is 4990. The van der Waals surface area contributed by atoms with Gasteiger partial charge in [0.05, 0.1) is 103 Å². The van der Waals surface area contributed by atoms with Crippen molar-refractivity contribution in [3.63, 3.8) is 0 Å². The van der Waals surface area contributed by atoms with Crippen LogP contribution in [0.4, 0.5) is 22.7 Å². The molecule has 0 atom stereocenters. The number of anilines is 3. The second-order valence-electron chi connectivity index (χ2n) is 21.1. The largest absolute Gasteiger partial charge is 0.453 e. The molecular weight excluding hydrogens is 995 g/mol. The number of hydrogen-bond acceptors (Lipinski definition) is 5. The first-order valence-corrected chi connectivity index (χ1v) is 27.2. The molecule has 18 rings (SSSR count). The van der Waals surface area contributed by atoms with Gasteiger partial charge in [-0.3, -0.25) is 14.9 Å². The van der Waals surface area contributed by atoms with Gasteiger partial charge in [-0.25, -0.2) is 4.85 Å². The molecule has 1 aliphatic carbocycles. The van der Waals surface area contributed by atoms with E-state index in [0.717, 1.165) is 123 Å². The van der Waals surface area contributed by atoms with Crippen LogP contribution in [-0.2, 0) is 5.41 Å². The van der Waals surface area contributed by atoms with Gasteiger partial charge in [0, 0.05) is 49.2 Å². The Balaban J connectivity index is 1.01. The summed E-state index contributed by atoms with van der Waals surface area (Å²) in [5.41, 5.74) is 16.5. The average Bonchev–Trinajstić information content (AvgIpc) is 4.41. The van der Waals surface area contributed by atoms with Gasteiger partial charge in [-0.15, -0.1) is 0 Å². The van der Waals surface area contributed by atoms with Crippen molar-refractivity contribution < 1.29 is 9.47 Å². The van der Waals surface area contributed by atoms with E-state index < -0.39 is 5.41 Å². The van der Waals surface area contributed by atoms with Crippen LogP contribution >= 0.6 is 0 Å². The predicted octanol–water partition coefficient (Wildman–Crippen LogP) is 18.4. The first-order chi connectivity index (χ1) is 40.2. The minimum absolute atomic E-state index is 0.581. The fourth-order valence-electron chi connectivity index (χ4n) is 13.9. The quantitative estimate of drug-likeness (QED) is 0.164. The summed E-state index contributed by atoms with van der Waals surface area (Å²) >= 11 is 0. The third kappa shape index (κ3) is 5.76. The van der Waals surface area contributed by atoms with Gasteiger partial charge in [-0.2, -0.15) is 0 Å². The number of benzene rings is 10. The van der Waals surface area contributed by atoms with Crippen LogP contribution in [0.3, 0.4) is 0 Å². The van der Waals surface area contributed by atoms with Crippen molar-refractivity contribution in [3.8, 4) is 51.4 Å². The molecule has 0 N–H and O–H groups in total. The number of pyridine rings is 2. The molecule has 376 valence electrons. The van der Waals surface area contributed by atoms with Crippen molar-refractivity contribution in [2.45, 2.75) is 5.41 Å². The van der Waals surface area contributed by atoms with E-state index in [4.69, 9.17) is 26.0 Å². The maximum absolute atomic E-state index is 8.05. The van der Waals surface area contributed by atoms with Crippen molar-refractivity contribution in [2.24, 2.45) is 0 Å². The van der Waals surface area contributed by atoms with Crippen molar-refractivity contribution in [2.75, 3.05) is 4.90 Å². The molecule has 7 heterocycles. The molecule has 3 aliphatic rings.